The Hall–Kier alpha value is -2.20. The Morgan fingerprint density at radius 2 is 2.00 bits per heavy atom. The lowest BCUT2D eigenvalue weighted by Crippen LogP contribution is -2.11. The van der Waals surface area contributed by atoms with Crippen LogP contribution in [0.3, 0.4) is 0 Å². The summed E-state index contributed by atoms with van der Waals surface area (Å²) >= 11 is 1.48. The monoisotopic (exact) mass is 268 g/mol. The van der Waals surface area contributed by atoms with Crippen LogP contribution in [0.2, 0.25) is 0 Å². The quantitative estimate of drug-likeness (QED) is 0.767. The van der Waals surface area contributed by atoms with Gasteiger partial charge in [-0.05, 0) is 31.2 Å². The predicted molar refractivity (Wildman–Crippen MR) is 78.8 cm³/mol. The Labute approximate surface area is 114 Å². The normalized spacial score (nSPS) is 10.6. The number of hydrogen-bond donors (Lipinski definition) is 1. The molecule has 0 bridgehead atoms. The number of hydrogen-bond acceptors (Lipinski definition) is 3. The molecular weight excluding hydrogens is 256 g/mol. The van der Waals surface area contributed by atoms with E-state index in [9.17, 15) is 4.79 Å². The van der Waals surface area contributed by atoms with Gasteiger partial charge in [-0.1, -0.05) is 41.2 Å². The molecular formula is C15H12N2OS. The van der Waals surface area contributed by atoms with E-state index in [1.54, 1.807) is 6.07 Å². The van der Waals surface area contributed by atoms with Gasteiger partial charge in [-0.25, -0.2) is 4.98 Å². The summed E-state index contributed by atoms with van der Waals surface area (Å²) in [5, 5.41) is 3.48. The van der Waals surface area contributed by atoms with E-state index in [1.807, 2.05) is 49.4 Å². The van der Waals surface area contributed by atoms with Crippen molar-refractivity contribution in [1.82, 2.24) is 4.98 Å². The van der Waals surface area contributed by atoms with Crippen LogP contribution in [0.25, 0.3) is 10.2 Å². The number of amides is 1. The molecule has 1 aromatic heterocycles. The summed E-state index contributed by atoms with van der Waals surface area (Å²) in [6, 6.07) is 15.3. The third kappa shape index (κ3) is 2.48. The van der Waals surface area contributed by atoms with E-state index in [0.717, 1.165) is 15.8 Å². The van der Waals surface area contributed by atoms with Crippen LogP contribution >= 0.6 is 11.3 Å². The van der Waals surface area contributed by atoms with E-state index in [1.165, 1.54) is 11.3 Å². The van der Waals surface area contributed by atoms with Crippen molar-refractivity contribution in [2.24, 2.45) is 0 Å². The number of para-hydroxylation sites is 1. The molecule has 0 aliphatic heterocycles. The lowest BCUT2D eigenvalue weighted by atomic mass is 10.1. The van der Waals surface area contributed by atoms with E-state index in [-0.39, 0.29) is 5.91 Å². The molecule has 0 aliphatic carbocycles. The third-order valence-corrected chi connectivity index (χ3v) is 3.75. The summed E-state index contributed by atoms with van der Waals surface area (Å²) in [5.74, 6) is -0.122. The van der Waals surface area contributed by atoms with Crippen LogP contribution in [-0.2, 0) is 0 Å². The van der Waals surface area contributed by atoms with E-state index >= 15 is 0 Å². The maximum Gasteiger partial charge on any atom is 0.257 e. The van der Waals surface area contributed by atoms with Crippen molar-refractivity contribution in [3.05, 3.63) is 59.7 Å². The highest BCUT2D eigenvalue weighted by Gasteiger charge is 2.09. The van der Waals surface area contributed by atoms with Gasteiger partial charge in [0.2, 0.25) is 0 Å². The molecule has 1 heterocycles. The number of rotatable bonds is 2. The number of benzene rings is 2. The molecule has 1 amide bonds. The first-order valence-corrected chi connectivity index (χ1v) is 6.77. The zero-order valence-corrected chi connectivity index (χ0v) is 11.2. The first kappa shape index (κ1) is 11.9. The van der Waals surface area contributed by atoms with Crippen molar-refractivity contribution < 1.29 is 4.79 Å². The van der Waals surface area contributed by atoms with E-state index < -0.39 is 0 Å². The van der Waals surface area contributed by atoms with Gasteiger partial charge in [0.1, 0.15) is 0 Å². The third-order valence-electron chi connectivity index (χ3n) is 2.79. The van der Waals surface area contributed by atoms with Crippen LogP contribution in [0.5, 0.6) is 0 Å². The highest BCUT2D eigenvalue weighted by atomic mass is 32.1. The minimum atomic E-state index is -0.122. The first-order valence-electron chi connectivity index (χ1n) is 5.96. The fraction of sp³-hybridized carbons (Fsp3) is 0.0667. The fourth-order valence-corrected chi connectivity index (χ4v) is 2.74. The number of carbonyl (C=O) groups excluding carboxylic acids is 1. The fourth-order valence-electron chi connectivity index (χ4n) is 1.88. The Kier molecular flexibility index (Phi) is 3.01. The molecule has 0 radical (unpaired) electrons. The number of nitrogens with one attached hydrogen (secondary N) is 1. The number of fused-ring (bicyclic) bond motifs is 1. The molecule has 2 aromatic carbocycles. The zero-order valence-electron chi connectivity index (χ0n) is 10.4. The second-order valence-corrected chi connectivity index (χ2v) is 5.34. The molecule has 0 spiro atoms. The van der Waals surface area contributed by atoms with Crippen LogP contribution in [-0.4, -0.2) is 10.9 Å². The van der Waals surface area contributed by atoms with Crippen LogP contribution in [0.15, 0.2) is 48.5 Å². The number of aromatic nitrogens is 1. The number of aryl methyl sites for hydroxylation is 1. The van der Waals surface area contributed by atoms with Crippen molar-refractivity contribution in [2.45, 2.75) is 6.92 Å². The Bertz CT molecular complexity index is 715. The lowest BCUT2D eigenvalue weighted by molar-refractivity contribution is 0.102. The molecule has 94 valence electrons. The smallest absolute Gasteiger partial charge is 0.257 e. The Morgan fingerprint density at radius 3 is 2.79 bits per heavy atom. The van der Waals surface area contributed by atoms with Crippen molar-refractivity contribution >= 4 is 32.6 Å². The van der Waals surface area contributed by atoms with Gasteiger partial charge in [0.15, 0.2) is 5.13 Å². The van der Waals surface area contributed by atoms with Gasteiger partial charge in [-0.3, -0.25) is 10.1 Å². The van der Waals surface area contributed by atoms with Crippen LogP contribution in [0, 0.1) is 6.92 Å². The summed E-state index contributed by atoms with van der Waals surface area (Å²) in [4.78, 5) is 16.5. The average molecular weight is 268 g/mol. The number of nitrogens with zero attached hydrogens (tertiary/aromatic N) is 1. The summed E-state index contributed by atoms with van der Waals surface area (Å²) in [6.45, 7) is 1.97. The highest BCUT2D eigenvalue weighted by molar-refractivity contribution is 7.22. The maximum absolute atomic E-state index is 12.1. The van der Waals surface area contributed by atoms with E-state index in [0.29, 0.717) is 10.7 Å². The minimum absolute atomic E-state index is 0.122. The molecule has 1 N–H and O–H groups in total. The maximum atomic E-state index is 12.1. The molecule has 0 saturated heterocycles. The van der Waals surface area contributed by atoms with Crippen molar-refractivity contribution in [3.63, 3.8) is 0 Å². The van der Waals surface area contributed by atoms with Gasteiger partial charge in [0.25, 0.3) is 5.91 Å². The topological polar surface area (TPSA) is 42.0 Å². The molecule has 3 nitrogen and oxygen atoms in total. The zero-order chi connectivity index (χ0) is 13.2. The molecule has 0 aliphatic rings. The van der Waals surface area contributed by atoms with Gasteiger partial charge < -0.3 is 0 Å². The Balaban J connectivity index is 1.86. The first-order chi connectivity index (χ1) is 9.22. The van der Waals surface area contributed by atoms with Crippen molar-refractivity contribution in [2.75, 3.05) is 5.32 Å². The van der Waals surface area contributed by atoms with Gasteiger partial charge in [0, 0.05) is 5.56 Å². The van der Waals surface area contributed by atoms with Gasteiger partial charge in [-0.15, -0.1) is 0 Å². The molecule has 19 heavy (non-hydrogen) atoms. The van der Waals surface area contributed by atoms with Crippen LogP contribution in [0.4, 0.5) is 5.13 Å². The number of thiazole rings is 1. The van der Waals surface area contributed by atoms with Gasteiger partial charge in [0.05, 0.1) is 10.2 Å². The Morgan fingerprint density at radius 1 is 1.16 bits per heavy atom. The summed E-state index contributed by atoms with van der Waals surface area (Å²) < 4.78 is 1.07. The second-order valence-electron chi connectivity index (χ2n) is 4.31. The van der Waals surface area contributed by atoms with Crippen LogP contribution < -0.4 is 5.32 Å². The lowest BCUT2D eigenvalue weighted by Gasteiger charge is -2.02. The highest BCUT2D eigenvalue weighted by Crippen LogP contribution is 2.25. The molecule has 3 rings (SSSR count). The predicted octanol–water partition coefficient (Wildman–Crippen LogP) is 3.86. The molecule has 0 fully saturated rings. The van der Waals surface area contributed by atoms with Gasteiger partial charge in [-0.2, -0.15) is 0 Å². The summed E-state index contributed by atoms with van der Waals surface area (Å²) in [7, 11) is 0. The molecule has 3 aromatic rings. The number of anilines is 1. The van der Waals surface area contributed by atoms with E-state index in [4.69, 9.17) is 0 Å². The molecule has 0 atom stereocenters. The van der Waals surface area contributed by atoms with Crippen LogP contribution in [0.1, 0.15) is 15.9 Å². The largest absolute Gasteiger partial charge is 0.298 e. The van der Waals surface area contributed by atoms with Crippen molar-refractivity contribution in [1.29, 1.82) is 0 Å². The second kappa shape index (κ2) is 4.82. The van der Waals surface area contributed by atoms with Crippen molar-refractivity contribution in [3.8, 4) is 0 Å². The average Bonchev–Trinajstić information content (AvgIpc) is 2.80. The van der Waals surface area contributed by atoms with E-state index in [2.05, 4.69) is 10.3 Å². The molecule has 0 unspecified atom stereocenters. The SMILES string of the molecule is Cc1cccc(C(=O)Nc2nc3ccccc3s2)c1. The van der Waals surface area contributed by atoms with Gasteiger partial charge >= 0.3 is 0 Å². The standard InChI is InChI=1S/C15H12N2OS/c1-10-5-4-6-11(9-10)14(18)17-15-16-12-7-2-3-8-13(12)19-15/h2-9H,1H3,(H,16,17,18). The molecule has 0 saturated carbocycles. The molecule has 4 heteroatoms. The summed E-state index contributed by atoms with van der Waals surface area (Å²) in [6.07, 6.45) is 0. The summed E-state index contributed by atoms with van der Waals surface area (Å²) in [5.41, 5.74) is 2.63. The minimum Gasteiger partial charge on any atom is -0.298 e. The number of carbonyl (C=O) groups is 1.